The maximum absolute atomic E-state index is 9.18. The van der Waals surface area contributed by atoms with Crippen LogP contribution in [0.5, 0.6) is 0 Å². The zero-order chi connectivity index (χ0) is 13.4. The number of fused-ring (bicyclic) bond motifs is 1. The molecule has 2 aromatic heterocycles. The number of nitriles is 1. The number of nitrogens with zero attached hydrogens (tertiary/aromatic N) is 4. The summed E-state index contributed by atoms with van der Waals surface area (Å²) >= 11 is 0. The lowest BCUT2D eigenvalue weighted by molar-refractivity contribution is 0.939. The second-order valence-corrected chi connectivity index (χ2v) is 4.13. The minimum absolute atomic E-state index is 0.325. The number of hydrogen-bond donors (Lipinski definition) is 1. The molecule has 3 aromatic rings. The van der Waals surface area contributed by atoms with Gasteiger partial charge in [0, 0.05) is 11.3 Å². The molecule has 0 saturated carbocycles. The molecule has 0 spiro atoms. The number of benzene rings is 1. The number of hydrogen-bond acceptors (Lipinski definition) is 2. The van der Waals surface area contributed by atoms with Crippen LogP contribution in [0, 0.1) is 24.8 Å². The van der Waals surface area contributed by atoms with Crippen molar-refractivity contribution < 1.29 is 0 Å². The van der Waals surface area contributed by atoms with Gasteiger partial charge in [0.2, 0.25) is 5.69 Å². The highest BCUT2D eigenvalue weighted by Gasteiger charge is 2.19. The number of H-pyrrole nitrogens is 1. The van der Waals surface area contributed by atoms with Gasteiger partial charge < -0.3 is 0 Å². The van der Waals surface area contributed by atoms with E-state index >= 15 is 0 Å². The first-order valence-electron chi connectivity index (χ1n) is 5.70. The van der Waals surface area contributed by atoms with E-state index in [-0.39, 0.29) is 0 Å². The molecule has 1 N–H and O–H groups in total. The molecule has 3 rings (SSSR count). The Morgan fingerprint density at radius 3 is 2.74 bits per heavy atom. The fourth-order valence-corrected chi connectivity index (χ4v) is 2.11. The van der Waals surface area contributed by atoms with Crippen molar-refractivity contribution in [3.8, 4) is 17.5 Å². The van der Waals surface area contributed by atoms with Gasteiger partial charge in [-0.15, -0.1) is 0 Å². The SMILES string of the molecule is [C-]#[N+]c1c(C#N)c2nc(-c3ccccc3)[nH]n2c1C. The minimum Gasteiger partial charge on any atom is -0.277 e. The van der Waals surface area contributed by atoms with Crippen molar-refractivity contribution in [1.82, 2.24) is 14.6 Å². The van der Waals surface area contributed by atoms with Crippen LogP contribution in [0.2, 0.25) is 0 Å². The molecule has 0 aliphatic heterocycles. The Morgan fingerprint density at radius 2 is 2.11 bits per heavy atom. The van der Waals surface area contributed by atoms with Crippen LogP contribution in [-0.2, 0) is 0 Å². The molecule has 0 amide bonds. The molecule has 1 aromatic carbocycles. The van der Waals surface area contributed by atoms with Crippen molar-refractivity contribution in [2.24, 2.45) is 0 Å². The van der Waals surface area contributed by atoms with Gasteiger partial charge in [0.1, 0.15) is 5.56 Å². The maximum Gasteiger partial charge on any atom is 0.229 e. The summed E-state index contributed by atoms with van der Waals surface area (Å²) in [6, 6.07) is 11.7. The van der Waals surface area contributed by atoms with Crippen molar-refractivity contribution in [2.45, 2.75) is 6.92 Å². The number of aromatic nitrogens is 3. The molecule has 0 aliphatic carbocycles. The van der Waals surface area contributed by atoms with Crippen LogP contribution in [-0.4, -0.2) is 14.6 Å². The quantitative estimate of drug-likeness (QED) is 0.672. The van der Waals surface area contributed by atoms with Crippen LogP contribution in [0.15, 0.2) is 30.3 Å². The standard InChI is InChI=1S/C14H9N5/c1-9-12(16-2)11(8-15)14-17-13(18-19(9)14)10-6-4-3-5-7-10/h3-7H,1H3,(H,17,18). The average Bonchev–Trinajstić information content (AvgIpc) is 2.98. The number of aryl methyl sites for hydroxylation is 1. The van der Waals surface area contributed by atoms with E-state index in [1.54, 1.807) is 11.4 Å². The summed E-state index contributed by atoms with van der Waals surface area (Å²) in [6.07, 6.45) is 0. The van der Waals surface area contributed by atoms with E-state index in [0.29, 0.717) is 28.4 Å². The molecule has 19 heavy (non-hydrogen) atoms. The monoisotopic (exact) mass is 247 g/mol. The topological polar surface area (TPSA) is 61.2 Å². The first-order chi connectivity index (χ1) is 9.26. The lowest BCUT2D eigenvalue weighted by Gasteiger charge is -1.95. The lowest BCUT2D eigenvalue weighted by Crippen LogP contribution is -1.87. The molecular formula is C14H9N5. The first-order valence-corrected chi connectivity index (χ1v) is 5.70. The fourth-order valence-electron chi connectivity index (χ4n) is 2.11. The Hall–Kier alpha value is -3.05. The second-order valence-electron chi connectivity index (χ2n) is 4.13. The van der Waals surface area contributed by atoms with Gasteiger partial charge in [-0.2, -0.15) is 5.26 Å². The van der Waals surface area contributed by atoms with Crippen LogP contribution in [0.1, 0.15) is 11.3 Å². The molecule has 0 aliphatic rings. The third-order valence-corrected chi connectivity index (χ3v) is 3.06. The zero-order valence-corrected chi connectivity index (χ0v) is 10.2. The van der Waals surface area contributed by atoms with Crippen molar-refractivity contribution >= 4 is 11.3 Å². The number of aromatic amines is 1. The Labute approximate surface area is 109 Å². The van der Waals surface area contributed by atoms with Crippen molar-refractivity contribution in [3.05, 3.63) is 53.0 Å². The molecular weight excluding hydrogens is 238 g/mol. The van der Waals surface area contributed by atoms with Crippen LogP contribution in [0.25, 0.3) is 21.9 Å². The molecule has 0 atom stereocenters. The summed E-state index contributed by atoms with van der Waals surface area (Å²) in [5.41, 5.74) is 2.84. The highest BCUT2D eigenvalue weighted by molar-refractivity contribution is 5.77. The van der Waals surface area contributed by atoms with Gasteiger partial charge in [0.25, 0.3) is 0 Å². The second kappa shape index (κ2) is 4.01. The van der Waals surface area contributed by atoms with Crippen LogP contribution < -0.4 is 0 Å². The minimum atomic E-state index is 0.325. The molecule has 5 heteroatoms. The van der Waals surface area contributed by atoms with Crippen molar-refractivity contribution in [3.63, 3.8) is 0 Å². The first kappa shape index (κ1) is 11.1. The summed E-state index contributed by atoms with van der Waals surface area (Å²) in [5, 5.41) is 12.3. The number of nitrogens with one attached hydrogen (secondary N) is 1. The van der Waals surface area contributed by atoms with E-state index < -0.39 is 0 Å². The fraction of sp³-hybridized carbons (Fsp3) is 0.0714. The molecule has 0 bridgehead atoms. The van der Waals surface area contributed by atoms with Crippen LogP contribution in [0.4, 0.5) is 5.69 Å². The molecule has 0 fully saturated rings. The Kier molecular flexibility index (Phi) is 2.33. The number of rotatable bonds is 1. The predicted molar refractivity (Wildman–Crippen MR) is 70.7 cm³/mol. The smallest absolute Gasteiger partial charge is 0.229 e. The van der Waals surface area contributed by atoms with Gasteiger partial charge in [-0.05, 0) is 6.92 Å². The highest BCUT2D eigenvalue weighted by Crippen LogP contribution is 2.30. The molecule has 0 saturated heterocycles. The van der Waals surface area contributed by atoms with E-state index in [0.717, 1.165) is 5.56 Å². The van der Waals surface area contributed by atoms with Crippen LogP contribution >= 0.6 is 0 Å². The van der Waals surface area contributed by atoms with Crippen molar-refractivity contribution in [2.75, 3.05) is 0 Å². The van der Waals surface area contributed by atoms with E-state index in [9.17, 15) is 5.26 Å². The molecule has 0 unspecified atom stereocenters. The maximum atomic E-state index is 9.18. The Bertz CT molecular complexity index is 840. The van der Waals surface area contributed by atoms with E-state index in [4.69, 9.17) is 6.57 Å². The van der Waals surface area contributed by atoms with Gasteiger partial charge in [-0.25, -0.2) is 9.83 Å². The lowest BCUT2D eigenvalue weighted by atomic mass is 10.2. The summed E-state index contributed by atoms with van der Waals surface area (Å²) in [7, 11) is 0. The van der Waals surface area contributed by atoms with Gasteiger partial charge in [0.05, 0.1) is 12.6 Å². The van der Waals surface area contributed by atoms with E-state index in [1.807, 2.05) is 30.3 Å². The van der Waals surface area contributed by atoms with E-state index in [2.05, 4.69) is 21.0 Å². The summed E-state index contributed by atoms with van der Waals surface area (Å²) in [6.45, 7) is 8.94. The van der Waals surface area contributed by atoms with Gasteiger partial charge >= 0.3 is 0 Å². The largest absolute Gasteiger partial charge is 0.277 e. The molecule has 5 nitrogen and oxygen atoms in total. The predicted octanol–water partition coefficient (Wildman–Crippen LogP) is 3.06. The zero-order valence-electron chi connectivity index (χ0n) is 10.2. The van der Waals surface area contributed by atoms with Crippen LogP contribution in [0.3, 0.4) is 0 Å². The molecule has 0 radical (unpaired) electrons. The van der Waals surface area contributed by atoms with Gasteiger partial charge in [-0.3, -0.25) is 9.61 Å². The average molecular weight is 247 g/mol. The van der Waals surface area contributed by atoms with Gasteiger partial charge in [-0.1, -0.05) is 30.3 Å². The van der Waals surface area contributed by atoms with E-state index in [1.165, 1.54) is 0 Å². The molecule has 2 heterocycles. The summed E-state index contributed by atoms with van der Waals surface area (Å²) in [4.78, 5) is 7.82. The Balaban J connectivity index is 2.30. The highest BCUT2D eigenvalue weighted by atomic mass is 15.3. The third-order valence-electron chi connectivity index (χ3n) is 3.06. The van der Waals surface area contributed by atoms with Gasteiger partial charge in [0.15, 0.2) is 11.5 Å². The normalized spacial score (nSPS) is 10.3. The van der Waals surface area contributed by atoms with Crippen molar-refractivity contribution in [1.29, 1.82) is 5.26 Å². The Morgan fingerprint density at radius 1 is 1.37 bits per heavy atom. The third kappa shape index (κ3) is 1.50. The summed E-state index contributed by atoms with van der Waals surface area (Å²) in [5.74, 6) is 0.687. The molecule has 90 valence electrons. The summed E-state index contributed by atoms with van der Waals surface area (Å²) < 4.78 is 1.69.